The van der Waals surface area contributed by atoms with Crippen molar-refractivity contribution in [2.24, 2.45) is 5.73 Å². The third-order valence-corrected chi connectivity index (χ3v) is 2.20. The van der Waals surface area contributed by atoms with E-state index in [0.717, 1.165) is 6.20 Å². The van der Waals surface area contributed by atoms with Crippen LogP contribution in [0, 0.1) is 0 Å². The number of ketones is 1. The van der Waals surface area contributed by atoms with Crippen molar-refractivity contribution in [2.75, 3.05) is 6.61 Å². The van der Waals surface area contributed by atoms with Gasteiger partial charge in [-0.05, 0) is 6.92 Å². The highest BCUT2D eigenvalue weighted by atomic mass is 35.5. The van der Waals surface area contributed by atoms with E-state index in [-0.39, 0.29) is 6.61 Å². The average molecular weight is 273 g/mol. The maximum atomic E-state index is 11.4. The molecule has 0 aromatic carbocycles. The first-order valence-corrected chi connectivity index (χ1v) is 4.93. The molecule has 0 spiro atoms. The highest BCUT2D eigenvalue weighted by Gasteiger charge is 2.23. The lowest BCUT2D eigenvalue weighted by Gasteiger charge is -2.04. The van der Waals surface area contributed by atoms with Crippen molar-refractivity contribution >= 4 is 46.6 Å². The Hall–Kier alpha value is -0.710. The van der Waals surface area contributed by atoms with Gasteiger partial charge in [0.15, 0.2) is 0 Å². The maximum Gasteiger partial charge on any atom is 0.343 e. The summed E-state index contributed by atoms with van der Waals surface area (Å²) in [4.78, 5) is 22.6. The summed E-state index contributed by atoms with van der Waals surface area (Å²) in [6.07, 6.45) is 0.791. The molecule has 0 saturated carbocycles. The summed E-state index contributed by atoms with van der Waals surface area (Å²) in [6.45, 7) is 1.70. The molecular formula is C8H8Cl3NO3. The van der Waals surface area contributed by atoms with Gasteiger partial charge >= 0.3 is 5.97 Å². The molecular weight excluding hydrogens is 264 g/mol. The van der Waals surface area contributed by atoms with Gasteiger partial charge in [-0.25, -0.2) is 4.79 Å². The second-order valence-electron chi connectivity index (χ2n) is 2.20. The number of carbonyl (C=O) groups is 2. The van der Waals surface area contributed by atoms with Crippen molar-refractivity contribution in [1.29, 1.82) is 0 Å². The summed E-state index contributed by atoms with van der Waals surface area (Å²) < 4.78 is 4.13. The number of nitrogens with two attached hydrogens (primary N) is 1. The van der Waals surface area contributed by atoms with Crippen molar-refractivity contribution < 1.29 is 14.3 Å². The summed E-state index contributed by atoms with van der Waals surface area (Å²) in [7, 11) is 0. The lowest BCUT2D eigenvalue weighted by molar-refractivity contribution is -0.139. The minimum absolute atomic E-state index is 0.111. The molecule has 2 N–H and O–H groups in total. The zero-order chi connectivity index (χ0) is 12.0. The van der Waals surface area contributed by atoms with Gasteiger partial charge in [-0.2, -0.15) is 0 Å². The quantitative estimate of drug-likeness (QED) is 0.367. The van der Waals surface area contributed by atoms with Crippen LogP contribution in [-0.2, 0) is 14.3 Å². The van der Waals surface area contributed by atoms with Crippen LogP contribution in [0.1, 0.15) is 6.92 Å². The van der Waals surface area contributed by atoms with Gasteiger partial charge in [0.05, 0.1) is 6.61 Å². The van der Waals surface area contributed by atoms with E-state index >= 15 is 0 Å². The van der Waals surface area contributed by atoms with Crippen molar-refractivity contribution in [3.63, 3.8) is 0 Å². The van der Waals surface area contributed by atoms with Gasteiger partial charge in [0.2, 0.25) is 5.78 Å². The summed E-state index contributed by atoms with van der Waals surface area (Å²) in [5.41, 5.74) is 4.68. The highest BCUT2D eigenvalue weighted by molar-refractivity contribution is 6.64. The normalized spacial score (nSPS) is 10.8. The van der Waals surface area contributed by atoms with E-state index in [1.54, 1.807) is 6.92 Å². The van der Waals surface area contributed by atoms with Gasteiger partial charge in [-0.1, -0.05) is 34.8 Å². The van der Waals surface area contributed by atoms with Crippen LogP contribution in [0.4, 0.5) is 0 Å². The van der Waals surface area contributed by atoms with Crippen LogP contribution in [0.25, 0.3) is 0 Å². The number of Topliss-reactive ketones (excluding diaryl/α,β-unsaturated/α-hetero) is 1. The summed E-state index contributed by atoms with van der Waals surface area (Å²) in [6, 6.07) is 0. The molecule has 0 radical (unpaired) electrons. The van der Waals surface area contributed by atoms with E-state index in [0.29, 0.717) is 0 Å². The Labute approximate surface area is 102 Å². The van der Waals surface area contributed by atoms with Crippen LogP contribution in [0.2, 0.25) is 0 Å². The third-order valence-electron chi connectivity index (χ3n) is 1.27. The smallest absolute Gasteiger partial charge is 0.343 e. The lowest BCUT2D eigenvalue weighted by atomic mass is 10.2. The van der Waals surface area contributed by atoms with Crippen LogP contribution >= 0.6 is 34.8 Å². The molecule has 0 saturated heterocycles. The number of esters is 1. The standard InChI is InChI=1S/C8H8Cl3NO3/c1-2-15-8(14)4(3-12)6(13)5(9)7(10)11/h3H,2,12H2,1H3/b4-3+. The number of ether oxygens (including phenoxy) is 1. The van der Waals surface area contributed by atoms with Gasteiger partial charge in [-0.15, -0.1) is 0 Å². The number of hydrogen-bond acceptors (Lipinski definition) is 4. The van der Waals surface area contributed by atoms with Crippen molar-refractivity contribution in [3.05, 3.63) is 21.3 Å². The molecule has 0 aliphatic heterocycles. The Kier molecular flexibility index (Phi) is 6.40. The number of allylic oxidation sites excluding steroid dienone is 1. The fourth-order valence-corrected chi connectivity index (χ4v) is 0.923. The Bertz CT molecular complexity index is 332. The summed E-state index contributed by atoms with van der Waals surface area (Å²) >= 11 is 16.0. The molecule has 0 amide bonds. The van der Waals surface area contributed by atoms with Gasteiger partial charge in [0.25, 0.3) is 0 Å². The molecule has 0 rings (SSSR count). The second-order valence-corrected chi connectivity index (χ2v) is 3.53. The molecule has 0 aromatic rings. The molecule has 0 atom stereocenters. The Morgan fingerprint density at radius 3 is 2.20 bits per heavy atom. The van der Waals surface area contributed by atoms with E-state index in [9.17, 15) is 9.59 Å². The average Bonchev–Trinajstić information content (AvgIpc) is 2.17. The minimum Gasteiger partial charge on any atom is -0.462 e. The molecule has 0 heterocycles. The topological polar surface area (TPSA) is 69.4 Å². The van der Waals surface area contributed by atoms with Crippen LogP contribution in [-0.4, -0.2) is 18.4 Å². The van der Waals surface area contributed by atoms with E-state index in [1.807, 2.05) is 0 Å². The first-order valence-electron chi connectivity index (χ1n) is 3.80. The predicted molar refractivity (Wildman–Crippen MR) is 58.5 cm³/mol. The molecule has 0 fully saturated rings. The molecule has 7 heteroatoms. The lowest BCUT2D eigenvalue weighted by Crippen LogP contribution is -2.17. The number of halogens is 3. The van der Waals surface area contributed by atoms with Gasteiger partial charge in [-0.3, -0.25) is 4.79 Å². The molecule has 0 aliphatic rings. The Balaban J connectivity index is 4.96. The minimum atomic E-state index is -0.877. The van der Waals surface area contributed by atoms with E-state index in [1.165, 1.54) is 0 Å². The molecule has 15 heavy (non-hydrogen) atoms. The van der Waals surface area contributed by atoms with Crippen LogP contribution in [0.3, 0.4) is 0 Å². The first-order chi connectivity index (χ1) is 6.95. The zero-order valence-electron chi connectivity index (χ0n) is 7.72. The highest BCUT2D eigenvalue weighted by Crippen LogP contribution is 2.21. The maximum absolute atomic E-state index is 11.4. The number of carbonyl (C=O) groups excluding carboxylic acids is 2. The molecule has 0 bridgehead atoms. The number of rotatable bonds is 4. The van der Waals surface area contributed by atoms with Gasteiger partial charge < -0.3 is 10.5 Å². The van der Waals surface area contributed by atoms with Gasteiger partial charge in [0.1, 0.15) is 15.1 Å². The SMILES string of the molecule is CCOC(=O)/C(=C/N)C(=O)C(Cl)=C(Cl)Cl. The Morgan fingerprint density at radius 1 is 1.33 bits per heavy atom. The molecule has 0 aromatic heterocycles. The van der Waals surface area contributed by atoms with E-state index in [2.05, 4.69) is 4.74 Å². The molecule has 4 nitrogen and oxygen atoms in total. The fourth-order valence-electron chi connectivity index (χ4n) is 0.649. The predicted octanol–water partition coefficient (Wildman–Crippen LogP) is 1.85. The Morgan fingerprint density at radius 2 is 1.87 bits per heavy atom. The second kappa shape index (κ2) is 6.71. The monoisotopic (exact) mass is 271 g/mol. The van der Waals surface area contributed by atoms with Crippen molar-refractivity contribution in [2.45, 2.75) is 6.92 Å². The molecule has 0 unspecified atom stereocenters. The van der Waals surface area contributed by atoms with Crippen LogP contribution in [0.5, 0.6) is 0 Å². The van der Waals surface area contributed by atoms with Crippen molar-refractivity contribution in [1.82, 2.24) is 0 Å². The first kappa shape index (κ1) is 14.3. The van der Waals surface area contributed by atoms with Crippen LogP contribution in [0.15, 0.2) is 21.3 Å². The largest absolute Gasteiger partial charge is 0.462 e. The number of hydrogen-bond donors (Lipinski definition) is 1. The summed E-state index contributed by atoms with van der Waals surface area (Å²) in [5, 5.41) is -0.483. The van der Waals surface area contributed by atoms with E-state index in [4.69, 9.17) is 40.5 Å². The molecule has 84 valence electrons. The van der Waals surface area contributed by atoms with E-state index < -0.39 is 26.8 Å². The summed E-state index contributed by atoms with van der Waals surface area (Å²) in [5.74, 6) is -1.75. The fraction of sp³-hybridized carbons (Fsp3) is 0.250. The van der Waals surface area contributed by atoms with Crippen LogP contribution < -0.4 is 5.73 Å². The van der Waals surface area contributed by atoms with Crippen molar-refractivity contribution in [3.8, 4) is 0 Å². The zero-order valence-corrected chi connectivity index (χ0v) is 9.99. The van der Waals surface area contributed by atoms with Gasteiger partial charge in [0, 0.05) is 6.20 Å². The third kappa shape index (κ3) is 4.11. The molecule has 0 aliphatic carbocycles.